The molecule has 42 heavy (non-hydrogen) atoms. The maximum absolute atomic E-state index is 13.4. The molecule has 0 unspecified atom stereocenters. The topological polar surface area (TPSA) is 55.7 Å². The zero-order valence-corrected chi connectivity index (χ0v) is 26.4. The van der Waals surface area contributed by atoms with Gasteiger partial charge in [-0.25, -0.2) is 4.79 Å². The number of rotatable bonds is 13. The molecule has 2 aliphatic carbocycles. The molecule has 0 N–H and O–H groups in total. The molecule has 4 nitrogen and oxygen atoms in total. The van der Waals surface area contributed by atoms with Gasteiger partial charge < -0.3 is 4.84 Å². The van der Waals surface area contributed by atoms with E-state index in [0.717, 1.165) is 73.1 Å². The summed E-state index contributed by atoms with van der Waals surface area (Å²) in [5.41, 5.74) is 7.65. The molecule has 0 bridgehead atoms. The molecule has 1 fully saturated rings. The van der Waals surface area contributed by atoms with Gasteiger partial charge in [-0.3, -0.25) is 4.79 Å². The van der Waals surface area contributed by atoms with E-state index >= 15 is 0 Å². The first-order chi connectivity index (χ1) is 20.5. The minimum atomic E-state index is -0.387. The number of nitrogens with zero attached hydrogens (tertiary/aromatic N) is 1. The monoisotopic (exact) mass is 583 g/mol. The SMILES string of the molecule is CCCCC1(CCCC)c2cc(C(=O)c3cccs3)ccc2-c2ccc(/C(CCC3CCCCC3)=N\OC(C)=O)cc21. The third-order valence-electron chi connectivity index (χ3n) is 9.41. The van der Waals surface area contributed by atoms with E-state index in [0.29, 0.717) is 5.92 Å². The summed E-state index contributed by atoms with van der Waals surface area (Å²) in [7, 11) is 0. The number of ketones is 1. The highest BCUT2D eigenvalue weighted by molar-refractivity contribution is 7.12. The van der Waals surface area contributed by atoms with Gasteiger partial charge in [0.15, 0.2) is 0 Å². The lowest BCUT2D eigenvalue weighted by Crippen LogP contribution is -2.26. The van der Waals surface area contributed by atoms with Crippen LogP contribution in [0.5, 0.6) is 0 Å². The molecule has 0 radical (unpaired) electrons. The lowest BCUT2D eigenvalue weighted by Gasteiger charge is -2.33. The van der Waals surface area contributed by atoms with Gasteiger partial charge in [0.2, 0.25) is 5.78 Å². The van der Waals surface area contributed by atoms with Crippen molar-refractivity contribution >= 4 is 28.8 Å². The Kier molecular flexibility index (Phi) is 10.1. The third-order valence-corrected chi connectivity index (χ3v) is 10.3. The van der Waals surface area contributed by atoms with Gasteiger partial charge in [0.1, 0.15) is 0 Å². The average molecular weight is 584 g/mol. The number of hydrogen-bond acceptors (Lipinski definition) is 5. The quantitative estimate of drug-likeness (QED) is 0.0870. The van der Waals surface area contributed by atoms with Crippen LogP contribution in [-0.4, -0.2) is 17.5 Å². The molecule has 2 aromatic carbocycles. The number of carbonyl (C=O) groups is 2. The Balaban J connectivity index is 1.58. The summed E-state index contributed by atoms with van der Waals surface area (Å²) >= 11 is 1.50. The van der Waals surface area contributed by atoms with E-state index in [1.54, 1.807) is 0 Å². The normalized spacial score (nSPS) is 16.2. The first kappa shape index (κ1) is 30.4. The van der Waals surface area contributed by atoms with Crippen molar-refractivity contribution in [2.75, 3.05) is 0 Å². The van der Waals surface area contributed by atoms with Gasteiger partial charge in [0, 0.05) is 17.9 Å². The highest BCUT2D eigenvalue weighted by Gasteiger charge is 2.43. The Labute approximate surface area is 255 Å². The van der Waals surface area contributed by atoms with Crippen LogP contribution in [0, 0.1) is 5.92 Å². The van der Waals surface area contributed by atoms with E-state index < -0.39 is 0 Å². The second-order valence-corrected chi connectivity index (χ2v) is 13.2. The second kappa shape index (κ2) is 13.9. The lowest BCUT2D eigenvalue weighted by molar-refractivity contribution is -0.140. The van der Waals surface area contributed by atoms with E-state index in [2.05, 4.69) is 49.3 Å². The number of fused-ring (bicyclic) bond motifs is 3. The first-order valence-electron chi connectivity index (χ1n) is 16.1. The van der Waals surface area contributed by atoms with Gasteiger partial charge in [-0.15, -0.1) is 11.3 Å². The molecule has 0 saturated heterocycles. The first-order valence-corrected chi connectivity index (χ1v) is 17.0. The van der Waals surface area contributed by atoms with Crippen LogP contribution >= 0.6 is 11.3 Å². The largest absolute Gasteiger partial charge is 0.331 e. The number of hydrogen-bond donors (Lipinski definition) is 0. The minimum Gasteiger partial charge on any atom is -0.318 e. The lowest BCUT2D eigenvalue weighted by atomic mass is 9.70. The fraction of sp³-hybridized carbons (Fsp3) is 0.486. The Hall–Kier alpha value is -3.05. The van der Waals surface area contributed by atoms with Crippen LogP contribution in [0.4, 0.5) is 0 Å². The average Bonchev–Trinajstić information content (AvgIpc) is 3.64. The molecule has 3 aromatic rings. The molecule has 222 valence electrons. The van der Waals surface area contributed by atoms with Gasteiger partial charge in [0.05, 0.1) is 10.6 Å². The van der Waals surface area contributed by atoms with E-state index in [9.17, 15) is 9.59 Å². The van der Waals surface area contributed by atoms with Crippen molar-refractivity contribution in [3.05, 3.63) is 81.0 Å². The summed E-state index contributed by atoms with van der Waals surface area (Å²) in [5, 5.41) is 6.38. The Morgan fingerprint density at radius 3 is 2.14 bits per heavy atom. The summed E-state index contributed by atoms with van der Waals surface area (Å²) in [4.78, 5) is 31.3. The van der Waals surface area contributed by atoms with E-state index in [4.69, 9.17) is 4.84 Å². The Bertz CT molecular complexity index is 1410. The number of carbonyl (C=O) groups excluding carboxylic acids is 2. The number of benzene rings is 2. The van der Waals surface area contributed by atoms with Crippen molar-refractivity contribution < 1.29 is 14.4 Å². The van der Waals surface area contributed by atoms with Crippen molar-refractivity contribution in [1.82, 2.24) is 0 Å². The van der Waals surface area contributed by atoms with E-state index in [1.807, 2.05) is 23.6 Å². The summed E-state index contributed by atoms with van der Waals surface area (Å²) in [5.74, 6) is 0.428. The van der Waals surface area contributed by atoms with Gasteiger partial charge >= 0.3 is 5.97 Å². The number of oxime groups is 1. The summed E-state index contributed by atoms with van der Waals surface area (Å²) in [6, 6.07) is 17.0. The van der Waals surface area contributed by atoms with Crippen LogP contribution in [0.25, 0.3) is 11.1 Å². The Morgan fingerprint density at radius 2 is 1.55 bits per heavy atom. The molecule has 2 aliphatic rings. The zero-order chi connectivity index (χ0) is 29.5. The second-order valence-electron chi connectivity index (χ2n) is 12.3. The Morgan fingerprint density at radius 1 is 0.905 bits per heavy atom. The molecular formula is C37H45NO3S. The molecule has 1 heterocycles. The van der Waals surface area contributed by atoms with Crippen LogP contribution in [0.3, 0.4) is 0 Å². The van der Waals surface area contributed by atoms with Crippen molar-refractivity contribution in [2.24, 2.45) is 11.1 Å². The highest BCUT2D eigenvalue weighted by atomic mass is 32.1. The van der Waals surface area contributed by atoms with Crippen molar-refractivity contribution in [3.8, 4) is 11.1 Å². The van der Waals surface area contributed by atoms with Crippen LogP contribution in [-0.2, 0) is 15.0 Å². The smallest absolute Gasteiger partial charge is 0.318 e. The maximum atomic E-state index is 13.4. The molecule has 0 spiro atoms. The third kappa shape index (κ3) is 6.46. The fourth-order valence-corrected chi connectivity index (χ4v) is 7.85. The van der Waals surface area contributed by atoms with E-state index in [-0.39, 0.29) is 17.2 Å². The summed E-state index contributed by atoms with van der Waals surface area (Å²) in [6.45, 7) is 5.93. The molecule has 5 heteroatoms. The molecule has 1 aromatic heterocycles. The van der Waals surface area contributed by atoms with Gasteiger partial charge in [-0.2, -0.15) is 0 Å². The van der Waals surface area contributed by atoms with Gasteiger partial charge in [-0.1, -0.05) is 107 Å². The summed E-state index contributed by atoms with van der Waals surface area (Å²) < 4.78 is 0. The zero-order valence-electron chi connectivity index (χ0n) is 25.5. The van der Waals surface area contributed by atoms with Crippen LogP contribution < -0.4 is 0 Å². The molecule has 0 atom stereocenters. The van der Waals surface area contributed by atoms with Crippen molar-refractivity contribution in [3.63, 3.8) is 0 Å². The standard InChI is InChI=1S/C37H45NO3S/c1-4-6-21-37(22-7-5-2)32-24-28(34(38-41-26(3)39)20-15-27-12-9-8-10-13-27)16-18-30(32)31-19-17-29(25-33(31)37)36(40)35-14-11-23-42-35/h11,14,16-19,23-25,27H,4-10,12-13,15,20-22H2,1-3H3/b38-34-. The molecule has 5 rings (SSSR count). The van der Waals surface area contributed by atoms with Crippen LogP contribution in [0.15, 0.2) is 59.1 Å². The molecule has 1 saturated carbocycles. The summed E-state index contributed by atoms with van der Waals surface area (Å²) in [6.07, 6.45) is 15.0. The fourth-order valence-electron chi connectivity index (χ4n) is 7.17. The highest BCUT2D eigenvalue weighted by Crippen LogP contribution is 2.54. The molecular weight excluding hydrogens is 538 g/mol. The predicted octanol–water partition coefficient (Wildman–Crippen LogP) is 10.3. The molecule has 0 aliphatic heterocycles. The van der Waals surface area contributed by atoms with Crippen LogP contribution in [0.2, 0.25) is 0 Å². The minimum absolute atomic E-state index is 0.0999. The maximum Gasteiger partial charge on any atom is 0.331 e. The molecule has 0 amide bonds. The predicted molar refractivity (Wildman–Crippen MR) is 174 cm³/mol. The van der Waals surface area contributed by atoms with Crippen molar-refractivity contribution in [1.29, 1.82) is 0 Å². The van der Waals surface area contributed by atoms with Gasteiger partial charge in [-0.05, 0) is 83.0 Å². The number of unbranched alkanes of at least 4 members (excludes halogenated alkanes) is 2. The van der Waals surface area contributed by atoms with E-state index in [1.165, 1.54) is 72.6 Å². The van der Waals surface area contributed by atoms with Crippen molar-refractivity contribution in [2.45, 2.75) is 110 Å². The van der Waals surface area contributed by atoms with Gasteiger partial charge in [0.25, 0.3) is 0 Å². The number of thiophene rings is 1. The van der Waals surface area contributed by atoms with Crippen LogP contribution in [0.1, 0.15) is 136 Å².